The van der Waals surface area contributed by atoms with Crippen LogP contribution < -0.4 is 15.4 Å². The number of imidazole rings is 1. The van der Waals surface area contributed by atoms with Crippen LogP contribution in [0.1, 0.15) is 26.1 Å². The number of methoxy groups -OCH3 is 1. The fraction of sp³-hybridized carbons (Fsp3) is 0.412. The Morgan fingerprint density at radius 1 is 1.39 bits per heavy atom. The molecule has 1 amide bonds. The molecule has 6 heteroatoms. The maximum atomic E-state index is 12.4. The van der Waals surface area contributed by atoms with Crippen molar-refractivity contribution >= 4 is 11.6 Å². The number of anilines is 1. The Morgan fingerprint density at radius 3 is 2.91 bits per heavy atom. The minimum Gasteiger partial charge on any atom is -0.497 e. The first kappa shape index (κ1) is 16.9. The van der Waals surface area contributed by atoms with E-state index in [4.69, 9.17) is 4.74 Å². The van der Waals surface area contributed by atoms with Crippen LogP contribution in [0.3, 0.4) is 0 Å². The number of carbonyl (C=O) groups excluding carboxylic acids is 1. The molecule has 0 aliphatic carbocycles. The van der Waals surface area contributed by atoms with E-state index in [0.717, 1.165) is 23.8 Å². The summed E-state index contributed by atoms with van der Waals surface area (Å²) in [7, 11) is 1.62. The first-order valence-electron chi connectivity index (χ1n) is 7.86. The number of rotatable bonds is 8. The number of aromatic nitrogens is 2. The summed E-state index contributed by atoms with van der Waals surface area (Å²) < 4.78 is 7.21. The molecular weight excluding hydrogens is 292 g/mol. The molecule has 2 aromatic rings. The lowest BCUT2D eigenvalue weighted by Gasteiger charge is -2.18. The van der Waals surface area contributed by atoms with Crippen molar-refractivity contribution in [3.63, 3.8) is 0 Å². The van der Waals surface area contributed by atoms with E-state index in [2.05, 4.69) is 15.6 Å². The molecule has 2 N–H and O–H groups in total. The van der Waals surface area contributed by atoms with Crippen LogP contribution >= 0.6 is 0 Å². The van der Waals surface area contributed by atoms with Crippen molar-refractivity contribution in [1.82, 2.24) is 14.9 Å². The molecule has 0 unspecified atom stereocenters. The van der Waals surface area contributed by atoms with Gasteiger partial charge in [-0.1, -0.05) is 13.0 Å². The first-order valence-corrected chi connectivity index (χ1v) is 7.86. The van der Waals surface area contributed by atoms with Crippen molar-refractivity contribution in [2.45, 2.75) is 39.4 Å². The quantitative estimate of drug-likeness (QED) is 0.785. The SMILES string of the molecule is CC[C@@H](Nc1cccc(OC)c1)C(=O)NCc1nccn1CC. The van der Waals surface area contributed by atoms with Crippen LogP contribution in [0, 0.1) is 0 Å². The minimum atomic E-state index is -0.299. The van der Waals surface area contributed by atoms with Crippen LogP contribution in [0.25, 0.3) is 0 Å². The van der Waals surface area contributed by atoms with Crippen LogP contribution in [0.2, 0.25) is 0 Å². The van der Waals surface area contributed by atoms with Gasteiger partial charge in [0.1, 0.15) is 17.6 Å². The Bertz CT molecular complexity index is 639. The van der Waals surface area contributed by atoms with Gasteiger partial charge in [-0.05, 0) is 25.5 Å². The first-order chi connectivity index (χ1) is 11.2. The van der Waals surface area contributed by atoms with E-state index in [9.17, 15) is 4.79 Å². The second-order valence-corrected chi connectivity index (χ2v) is 5.18. The zero-order chi connectivity index (χ0) is 16.7. The molecule has 1 atom stereocenters. The van der Waals surface area contributed by atoms with E-state index in [1.165, 1.54) is 0 Å². The zero-order valence-electron chi connectivity index (χ0n) is 13.9. The minimum absolute atomic E-state index is 0.0408. The van der Waals surface area contributed by atoms with Crippen LogP contribution in [-0.4, -0.2) is 28.6 Å². The van der Waals surface area contributed by atoms with Crippen LogP contribution in [0.15, 0.2) is 36.7 Å². The van der Waals surface area contributed by atoms with E-state index in [1.54, 1.807) is 13.3 Å². The summed E-state index contributed by atoms with van der Waals surface area (Å²) in [6, 6.07) is 7.26. The van der Waals surface area contributed by atoms with Crippen molar-refractivity contribution in [2.24, 2.45) is 0 Å². The number of amides is 1. The van der Waals surface area contributed by atoms with Crippen molar-refractivity contribution in [2.75, 3.05) is 12.4 Å². The molecule has 0 fully saturated rings. The van der Waals surface area contributed by atoms with Gasteiger partial charge in [0.15, 0.2) is 0 Å². The van der Waals surface area contributed by atoms with Gasteiger partial charge in [0.2, 0.25) is 5.91 Å². The highest BCUT2D eigenvalue weighted by molar-refractivity contribution is 5.84. The number of hydrogen-bond donors (Lipinski definition) is 2. The maximum Gasteiger partial charge on any atom is 0.242 e. The van der Waals surface area contributed by atoms with Crippen molar-refractivity contribution < 1.29 is 9.53 Å². The van der Waals surface area contributed by atoms with Crippen molar-refractivity contribution in [3.8, 4) is 5.75 Å². The predicted molar refractivity (Wildman–Crippen MR) is 90.4 cm³/mol. The largest absolute Gasteiger partial charge is 0.497 e. The summed E-state index contributed by atoms with van der Waals surface area (Å²) in [4.78, 5) is 16.6. The van der Waals surface area contributed by atoms with Crippen molar-refractivity contribution in [1.29, 1.82) is 0 Å². The van der Waals surface area contributed by atoms with Gasteiger partial charge in [-0.3, -0.25) is 4.79 Å². The van der Waals surface area contributed by atoms with Gasteiger partial charge in [0.05, 0.1) is 13.7 Å². The molecule has 0 aliphatic heterocycles. The monoisotopic (exact) mass is 316 g/mol. The van der Waals surface area contributed by atoms with Gasteiger partial charge < -0.3 is 19.9 Å². The van der Waals surface area contributed by atoms with Gasteiger partial charge >= 0.3 is 0 Å². The lowest BCUT2D eigenvalue weighted by Crippen LogP contribution is -2.39. The molecule has 2 rings (SSSR count). The number of carbonyl (C=O) groups is 1. The topological polar surface area (TPSA) is 68.2 Å². The highest BCUT2D eigenvalue weighted by Gasteiger charge is 2.16. The molecule has 0 saturated heterocycles. The molecule has 0 radical (unpaired) electrons. The lowest BCUT2D eigenvalue weighted by atomic mass is 10.2. The average molecular weight is 316 g/mol. The Kier molecular flexibility index (Phi) is 6.02. The van der Waals surface area contributed by atoms with Gasteiger partial charge in [0, 0.05) is 30.7 Å². The normalized spacial score (nSPS) is 11.8. The molecule has 6 nitrogen and oxygen atoms in total. The molecule has 0 spiro atoms. The number of nitrogens with zero attached hydrogens (tertiary/aromatic N) is 2. The average Bonchev–Trinajstić information content (AvgIpc) is 3.05. The summed E-state index contributed by atoms with van der Waals surface area (Å²) in [6.07, 6.45) is 4.34. The third-order valence-electron chi connectivity index (χ3n) is 3.70. The van der Waals surface area contributed by atoms with Gasteiger partial charge in [-0.2, -0.15) is 0 Å². The Morgan fingerprint density at radius 2 is 2.22 bits per heavy atom. The standard InChI is InChI=1S/C17H24N4O2/c1-4-15(20-13-7-6-8-14(11-13)23-3)17(22)19-12-16-18-9-10-21(16)5-2/h6-11,15,20H,4-5,12H2,1-3H3,(H,19,22)/t15-/m1/s1. The summed E-state index contributed by atoms with van der Waals surface area (Å²) in [5.41, 5.74) is 0.862. The summed E-state index contributed by atoms with van der Waals surface area (Å²) in [6.45, 7) is 5.29. The Balaban J connectivity index is 1.95. The summed E-state index contributed by atoms with van der Waals surface area (Å²) in [5.74, 6) is 1.58. The smallest absolute Gasteiger partial charge is 0.242 e. The van der Waals surface area contributed by atoms with Crippen LogP contribution in [0.5, 0.6) is 5.75 Å². The van der Waals surface area contributed by atoms with Gasteiger partial charge in [-0.15, -0.1) is 0 Å². The Hall–Kier alpha value is -2.50. The summed E-state index contributed by atoms with van der Waals surface area (Å²) in [5, 5.41) is 6.19. The predicted octanol–water partition coefficient (Wildman–Crippen LogP) is 2.42. The number of nitrogens with one attached hydrogen (secondary N) is 2. The third kappa shape index (κ3) is 4.48. The number of benzene rings is 1. The molecule has 1 aromatic heterocycles. The lowest BCUT2D eigenvalue weighted by molar-refractivity contribution is -0.122. The zero-order valence-corrected chi connectivity index (χ0v) is 13.9. The summed E-state index contributed by atoms with van der Waals surface area (Å²) >= 11 is 0. The number of ether oxygens (including phenoxy) is 1. The second kappa shape index (κ2) is 8.22. The fourth-order valence-corrected chi connectivity index (χ4v) is 2.35. The number of aryl methyl sites for hydroxylation is 1. The van der Waals surface area contributed by atoms with Crippen molar-refractivity contribution in [3.05, 3.63) is 42.5 Å². The van der Waals surface area contributed by atoms with Crippen LogP contribution in [-0.2, 0) is 17.9 Å². The van der Waals surface area contributed by atoms with Gasteiger partial charge in [-0.25, -0.2) is 4.98 Å². The Labute approximate surface area is 136 Å². The van der Waals surface area contributed by atoms with E-state index >= 15 is 0 Å². The molecule has 1 heterocycles. The van der Waals surface area contributed by atoms with E-state index in [0.29, 0.717) is 13.0 Å². The second-order valence-electron chi connectivity index (χ2n) is 5.18. The molecule has 0 saturated carbocycles. The molecule has 0 bridgehead atoms. The molecule has 1 aromatic carbocycles. The number of hydrogen-bond acceptors (Lipinski definition) is 4. The van der Waals surface area contributed by atoms with Crippen LogP contribution in [0.4, 0.5) is 5.69 Å². The molecule has 23 heavy (non-hydrogen) atoms. The third-order valence-corrected chi connectivity index (χ3v) is 3.70. The highest BCUT2D eigenvalue weighted by atomic mass is 16.5. The van der Waals surface area contributed by atoms with E-state index < -0.39 is 0 Å². The molecular formula is C17H24N4O2. The van der Waals surface area contributed by atoms with Gasteiger partial charge in [0.25, 0.3) is 0 Å². The highest BCUT2D eigenvalue weighted by Crippen LogP contribution is 2.18. The van der Waals surface area contributed by atoms with E-state index in [1.807, 2.05) is 48.9 Å². The molecule has 0 aliphatic rings. The van der Waals surface area contributed by atoms with E-state index in [-0.39, 0.29) is 11.9 Å². The maximum absolute atomic E-state index is 12.4. The fourth-order valence-electron chi connectivity index (χ4n) is 2.35. The molecule has 124 valence electrons.